The van der Waals surface area contributed by atoms with E-state index in [-0.39, 0.29) is 0 Å². The highest BCUT2D eigenvalue weighted by Crippen LogP contribution is 2.28. The molecule has 0 aliphatic carbocycles. The van der Waals surface area contributed by atoms with E-state index in [0.717, 1.165) is 18.1 Å². The first-order valence-corrected chi connectivity index (χ1v) is 5.54. The molecule has 1 heterocycles. The molecule has 2 rings (SSSR count). The lowest BCUT2D eigenvalue weighted by Crippen LogP contribution is -2.20. The summed E-state index contributed by atoms with van der Waals surface area (Å²) in [5.41, 5.74) is 2.62. The van der Waals surface area contributed by atoms with Crippen molar-refractivity contribution in [2.24, 2.45) is 0 Å². The van der Waals surface area contributed by atoms with Gasteiger partial charge in [0, 0.05) is 18.1 Å². The van der Waals surface area contributed by atoms with Crippen LogP contribution >= 0.6 is 11.6 Å². The largest absolute Gasteiger partial charge is 0.242 e. The Bertz CT molecular complexity index is 316. The monoisotopic (exact) mass is 208 g/mol. The zero-order chi connectivity index (χ0) is 9.97. The molecule has 0 spiro atoms. The Kier molecular flexibility index (Phi) is 3.09. The van der Waals surface area contributed by atoms with Crippen molar-refractivity contribution in [3.8, 4) is 0 Å². The molecule has 1 aromatic carbocycles. The molecule has 0 N–H and O–H groups in total. The zero-order valence-electron chi connectivity index (χ0n) is 8.46. The number of aryl methyl sites for hydroxylation is 1. The molecule has 14 heavy (non-hydrogen) atoms. The number of benzene rings is 1. The van der Waals surface area contributed by atoms with Gasteiger partial charge in [0.05, 0.1) is 0 Å². The van der Waals surface area contributed by atoms with Gasteiger partial charge in [0.25, 0.3) is 0 Å². The number of halogens is 1. The molecule has 1 aliphatic heterocycles. The first kappa shape index (κ1) is 10.0. The molecule has 1 aliphatic rings. The van der Waals surface area contributed by atoms with Gasteiger partial charge < -0.3 is 0 Å². The summed E-state index contributed by atoms with van der Waals surface area (Å²) in [6.45, 7) is 4.11. The standard InChI is InChI=1S/C12H15ClN/c1-9-8-11(2-3-12(9)13)10-4-6-14-7-5-10/h2-3,8,10H,4-7H2,1H3. The molecule has 1 radical (unpaired) electrons. The molecule has 0 atom stereocenters. The Balaban J connectivity index is 2.18. The van der Waals surface area contributed by atoms with Crippen LogP contribution in [0.25, 0.3) is 0 Å². The predicted molar refractivity (Wildman–Crippen MR) is 60.0 cm³/mol. The van der Waals surface area contributed by atoms with Crippen molar-refractivity contribution in [3.63, 3.8) is 0 Å². The van der Waals surface area contributed by atoms with E-state index in [1.54, 1.807) is 0 Å². The van der Waals surface area contributed by atoms with E-state index >= 15 is 0 Å². The molecule has 1 fully saturated rings. The maximum atomic E-state index is 6.00. The molecular weight excluding hydrogens is 194 g/mol. The maximum Gasteiger partial charge on any atom is 0.0435 e. The van der Waals surface area contributed by atoms with Gasteiger partial charge in [-0.1, -0.05) is 23.7 Å². The topological polar surface area (TPSA) is 14.1 Å². The summed E-state index contributed by atoms with van der Waals surface area (Å²) in [7, 11) is 0. The third-order valence-electron chi connectivity index (χ3n) is 2.92. The number of hydrogen-bond acceptors (Lipinski definition) is 0. The van der Waals surface area contributed by atoms with Crippen molar-refractivity contribution in [2.75, 3.05) is 13.1 Å². The van der Waals surface area contributed by atoms with E-state index in [0.29, 0.717) is 5.92 Å². The van der Waals surface area contributed by atoms with Crippen molar-refractivity contribution in [1.29, 1.82) is 0 Å². The number of piperidine rings is 1. The Morgan fingerprint density at radius 1 is 1.29 bits per heavy atom. The highest BCUT2D eigenvalue weighted by Gasteiger charge is 2.15. The molecule has 0 amide bonds. The SMILES string of the molecule is Cc1cc(C2CC[N]CC2)ccc1Cl. The van der Waals surface area contributed by atoms with E-state index in [4.69, 9.17) is 11.6 Å². The lowest BCUT2D eigenvalue weighted by Gasteiger charge is -2.22. The lowest BCUT2D eigenvalue weighted by atomic mass is 9.89. The predicted octanol–water partition coefficient (Wildman–Crippen LogP) is 3.13. The minimum absolute atomic E-state index is 0.698. The summed E-state index contributed by atoms with van der Waals surface area (Å²) in [4.78, 5) is 0. The molecule has 0 saturated carbocycles. The lowest BCUT2D eigenvalue weighted by molar-refractivity contribution is 0.453. The molecule has 1 saturated heterocycles. The average Bonchev–Trinajstić information content (AvgIpc) is 2.23. The molecule has 2 heteroatoms. The van der Waals surface area contributed by atoms with Crippen LogP contribution in [-0.4, -0.2) is 13.1 Å². The Labute approximate surface area is 90.5 Å². The zero-order valence-corrected chi connectivity index (χ0v) is 9.22. The normalized spacial score (nSPS) is 18.4. The van der Waals surface area contributed by atoms with Crippen LogP contribution in [0.15, 0.2) is 18.2 Å². The van der Waals surface area contributed by atoms with Crippen molar-refractivity contribution >= 4 is 11.6 Å². The first-order valence-electron chi connectivity index (χ1n) is 5.16. The summed E-state index contributed by atoms with van der Waals surface area (Å²) in [5, 5.41) is 5.24. The fraction of sp³-hybridized carbons (Fsp3) is 0.500. The molecule has 75 valence electrons. The van der Waals surface area contributed by atoms with Gasteiger partial charge in [0.1, 0.15) is 0 Å². The fourth-order valence-electron chi connectivity index (χ4n) is 2.01. The van der Waals surface area contributed by atoms with Crippen LogP contribution in [0, 0.1) is 6.92 Å². The molecular formula is C12H15ClN. The molecule has 1 nitrogen and oxygen atoms in total. The van der Waals surface area contributed by atoms with Gasteiger partial charge in [0.15, 0.2) is 0 Å². The minimum atomic E-state index is 0.698. The number of hydrogen-bond donors (Lipinski definition) is 0. The van der Waals surface area contributed by atoms with Crippen LogP contribution in [0.2, 0.25) is 5.02 Å². The van der Waals surface area contributed by atoms with Crippen LogP contribution in [0.1, 0.15) is 29.9 Å². The van der Waals surface area contributed by atoms with E-state index < -0.39 is 0 Å². The summed E-state index contributed by atoms with van der Waals surface area (Å²) in [6.07, 6.45) is 2.39. The quantitative estimate of drug-likeness (QED) is 0.674. The highest BCUT2D eigenvalue weighted by atomic mass is 35.5. The Morgan fingerprint density at radius 3 is 2.64 bits per heavy atom. The van der Waals surface area contributed by atoms with Crippen molar-refractivity contribution < 1.29 is 0 Å². The Hall–Kier alpha value is -0.530. The molecule has 0 bridgehead atoms. The van der Waals surface area contributed by atoms with Crippen LogP contribution in [0.4, 0.5) is 0 Å². The molecule has 1 aromatic rings. The van der Waals surface area contributed by atoms with E-state index in [2.05, 4.69) is 24.4 Å². The van der Waals surface area contributed by atoms with Gasteiger partial charge >= 0.3 is 0 Å². The van der Waals surface area contributed by atoms with Crippen LogP contribution < -0.4 is 5.32 Å². The fourth-order valence-corrected chi connectivity index (χ4v) is 2.12. The van der Waals surface area contributed by atoms with Crippen molar-refractivity contribution in [3.05, 3.63) is 34.3 Å². The highest BCUT2D eigenvalue weighted by molar-refractivity contribution is 6.31. The summed E-state index contributed by atoms with van der Waals surface area (Å²) < 4.78 is 0. The molecule has 0 unspecified atom stereocenters. The summed E-state index contributed by atoms with van der Waals surface area (Å²) >= 11 is 6.00. The second kappa shape index (κ2) is 4.33. The second-order valence-electron chi connectivity index (χ2n) is 3.95. The van der Waals surface area contributed by atoms with E-state index in [1.807, 2.05) is 6.07 Å². The van der Waals surface area contributed by atoms with Crippen LogP contribution in [-0.2, 0) is 0 Å². The van der Waals surface area contributed by atoms with Gasteiger partial charge in [-0.2, -0.15) is 0 Å². The van der Waals surface area contributed by atoms with E-state index in [9.17, 15) is 0 Å². The third-order valence-corrected chi connectivity index (χ3v) is 3.35. The Morgan fingerprint density at radius 2 is 2.00 bits per heavy atom. The van der Waals surface area contributed by atoms with Gasteiger partial charge in [-0.15, -0.1) is 0 Å². The van der Waals surface area contributed by atoms with Gasteiger partial charge in [0.2, 0.25) is 0 Å². The smallest absolute Gasteiger partial charge is 0.0435 e. The average molecular weight is 209 g/mol. The van der Waals surface area contributed by atoms with Crippen LogP contribution in [0.5, 0.6) is 0 Å². The minimum Gasteiger partial charge on any atom is -0.242 e. The summed E-state index contributed by atoms with van der Waals surface area (Å²) in [5.74, 6) is 0.698. The number of rotatable bonds is 1. The van der Waals surface area contributed by atoms with Crippen molar-refractivity contribution in [1.82, 2.24) is 5.32 Å². The van der Waals surface area contributed by atoms with Gasteiger partial charge in [-0.3, -0.25) is 0 Å². The summed E-state index contributed by atoms with van der Waals surface area (Å²) in [6, 6.07) is 6.39. The van der Waals surface area contributed by atoms with Crippen molar-refractivity contribution in [2.45, 2.75) is 25.7 Å². The second-order valence-corrected chi connectivity index (χ2v) is 4.36. The number of nitrogens with zero attached hydrogens (tertiary/aromatic N) is 1. The van der Waals surface area contributed by atoms with Gasteiger partial charge in [-0.05, 0) is 42.9 Å². The van der Waals surface area contributed by atoms with E-state index in [1.165, 1.54) is 24.0 Å². The molecule has 0 aromatic heterocycles. The third kappa shape index (κ3) is 2.10. The maximum absolute atomic E-state index is 6.00. The first-order chi connectivity index (χ1) is 6.77. The van der Waals surface area contributed by atoms with Crippen LogP contribution in [0.3, 0.4) is 0 Å². The van der Waals surface area contributed by atoms with Gasteiger partial charge in [-0.25, -0.2) is 5.32 Å².